The summed E-state index contributed by atoms with van der Waals surface area (Å²) in [4.78, 5) is 3.86. The van der Waals surface area contributed by atoms with Crippen molar-refractivity contribution in [3.63, 3.8) is 0 Å². The van der Waals surface area contributed by atoms with E-state index in [-0.39, 0.29) is 0 Å². The number of hydrogen-bond donors (Lipinski definition) is 0. The molecule has 0 atom stereocenters. The van der Waals surface area contributed by atoms with Gasteiger partial charge in [-0.1, -0.05) is 26.8 Å². The molecule has 0 radical (unpaired) electrons. The third kappa shape index (κ3) is 10.4. The summed E-state index contributed by atoms with van der Waals surface area (Å²) in [5.41, 5.74) is 1.25. The van der Waals surface area contributed by atoms with Crippen molar-refractivity contribution in [1.82, 2.24) is 0 Å². The molecule has 0 rings (SSSR count). The Hall–Kier alpha value is -0.590. The van der Waals surface area contributed by atoms with Crippen LogP contribution in [0.25, 0.3) is 0 Å². The van der Waals surface area contributed by atoms with Gasteiger partial charge in [0.2, 0.25) is 0 Å². The van der Waals surface area contributed by atoms with Gasteiger partial charge < -0.3 is 0 Å². The lowest BCUT2D eigenvalue weighted by molar-refractivity contribution is 1.20. The van der Waals surface area contributed by atoms with Crippen LogP contribution < -0.4 is 0 Å². The third-order valence-corrected chi connectivity index (χ3v) is 0.859. The Kier molecular flexibility index (Phi) is 13.6. The molecule has 0 aliphatic carbocycles. The summed E-state index contributed by atoms with van der Waals surface area (Å²) in [5, 5.41) is 0. The monoisotopic (exact) mass is 141 g/mol. The molecule has 0 saturated carbocycles. The van der Waals surface area contributed by atoms with E-state index in [1.807, 2.05) is 20.1 Å². The second kappa shape index (κ2) is 11.2. The SMILES string of the molecule is CC.CC/C=C(/C)C=NC. The summed E-state index contributed by atoms with van der Waals surface area (Å²) >= 11 is 0. The van der Waals surface area contributed by atoms with E-state index >= 15 is 0 Å². The zero-order chi connectivity index (χ0) is 8.41. The van der Waals surface area contributed by atoms with Gasteiger partial charge in [-0.2, -0.15) is 0 Å². The average molecular weight is 141 g/mol. The Balaban J connectivity index is 0. The minimum absolute atomic E-state index is 1.10. The fourth-order valence-corrected chi connectivity index (χ4v) is 0.578. The van der Waals surface area contributed by atoms with E-state index in [9.17, 15) is 0 Å². The van der Waals surface area contributed by atoms with Crippen molar-refractivity contribution < 1.29 is 0 Å². The van der Waals surface area contributed by atoms with Crippen LogP contribution >= 0.6 is 0 Å². The molecule has 0 heterocycles. The van der Waals surface area contributed by atoms with Gasteiger partial charge in [0, 0.05) is 13.3 Å². The Morgan fingerprint density at radius 2 is 1.90 bits per heavy atom. The van der Waals surface area contributed by atoms with Gasteiger partial charge >= 0.3 is 0 Å². The van der Waals surface area contributed by atoms with Gasteiger partial charge in [-0.05, 0) is 18.9 Å². The maximum Gasteiger partial charge on any atom is 0.0277 e. The van der Waals surface area contributed by atoms with Crippen LogP contribution in [-0.2, 0) is 0 Å². The van der Waals surface area contributed by atoms with E-state index in [0.29, 0.717) is 0 Å². The number of aliphatic imine (C=N–C) groups is 1. The molecule has 0 aromatic rings. The van der Waals surface area contributed by atoms with E-state index in [0.717, 1.165) is 6.42 Å². The highest BCUT2D eigenvalue weighted by molar-refractivity contribution is 5.77. The maximum atomic E-state index is 3.86. The molecule has 0 aromatic heterocycles. The lowest BCUT2D eigenvalue weighted by Gasteiger charge is -1.84. The molecule has 0 saturated heterocycles. The first-order valence-corrected chi connectivity index (χ1v) is 3.90. The normalized spacial score (nSPS) is 11.1. The van der Waals surface area contributed by atoms with E-state index in [4.69, 9.17) is 0 Å². The summed E-state index contributed by atoms with van der Waals surface area (Å²) in [5.74, 6) is 0. The molecular formula is C9H19N. The van der Waals surface area contributed by atoms with Crippen molar-refractivity contribution in [3.8, 4) is 0 Å². The highest BCUT2D eigenvalue weighted by Gasteiger charge is 1.75. The molecule has 0 N–H and O–H groups in total. The standard InChI is InChI=1S/C7H13N.C2H6/c1-4-5-7(2)6-8-3;1-2/h5-6H,4H2,1-3H3;1-2H3/b7-5-,8-6?;. The van der Waals surface area contributed by atoms with Crippen LogP contribution in [0.3, 0.4) is 0 Å². The Morgan fingerprint density at radius 1 is 1.40 bits per heavy atom. The van der Waals surface area contributed by atoms with E-state index < -0.39 is 0 Å². The first kappa shape index (κ1) is 12.1. The molecule has 0 bridgehead atoms. The fourth-order valence-electron chi connectivity index (χ4n) is 0.578. The van der Waals surface area contributed by atoms with Crippen LogP contribution in [0, 0.1) is 0 Å². The molecular weight excluding hydrogens is 122 g/mol. The number of hydrogen-bond acceptors (Lipinski definition) is 1. The topological polar surface area (TPSA) is 12.4 Å². The third-order valence-electron chi connectivity index (χ3n) is 0.859. The van der Waals surface area contributed by atoms with E-state index in [2.05, 4.69) is 24.9 Å². The molecule has 1 heteroatoms. The van der Waals surface area contributed by atoms with Gasteiger partial charge in [0.1, 0.15) is 0 Å². The second-order valence-corrected chi connectivity index (χ2v) is 1.74. The Bertz CT molecular complexity index is 101. The molecule has 60 valence electrons. The van der Waals surface area contributed by atoms with Crippen molar-refractivity contribution in [3.05, 3.63) is 11.6 Å². The fraction of sp³-hybridized carbons (Fsp3) is 0.667. The molecule has 10 heavy (non-hydrogen) atoms. The van der Waals surface area contributed by atoms with Crippen LogP contribution in [-0.4, -0.2) is 13.3 Å². The van der Waals surface area contributed by atoms with Gasteiger partial charge in [-0.15, -0.1) is 0 Å². The van der Waals surface area contributed by atoms with Crippen LogP contribution in [0.4, 0.5) is 0 Å². The van der Waals surface area contributed by atoms with Crippen LogP contribution in [0.2, 0.25) is 0 Å². The van der Waals surface area contributed by atoms with Crippen molar-refractivity contribution in [2.45, 2.75) is 34.1 Å². The van der Waals surface area contributed by atoms with Crippen LogP contribution in [0.15, 0.2) is 16.6 Å². The lowest BCUT2D eigenvalue weighted by atomic mass is 10.3. The molecule has 0 amide bonds. The summed E-state index contributed by atoms with van der Waals surface area (Å²) in [7, 11) is 1.78. The van der Waals surface area contributed by atoms with Crippen molar-refractivity contribution >= 4 is 6.21 Å². The van der Waals surface area contributed by atoms with Crippen molar-refractivity contribution in [2.75, 3.05) is 7.05 Å². The molecule has 1 nitrogen and oxygen atoms in total. The largest absolute Gasteiger partial charge is 0.296 e. The highest BCUT2D eigenvalue weighted by Crippen LogP contribution is 1.88. The van der Waals surface area contributed by atoms with Gasteiger partial charge in [-0.25, -0.2) is 0 Å². The Morgan fingerprint density at radius 3 is 2.20 bits per heavy atom. The summed E-state index contributed by atoms with van der Waals surface area (Å²) < 4.78 is 0. The van der Waals surface area contributed by atoms with Gasteiger partial charge in [-0.3, -0.25) is 4.99 Å². The smallest absolute Gasteiger partial charge is 0.0277 e. The van der Waals surface area contributed by atoms with Crippen LogP contribution in [0.1, 0.15) is 34.1 Å². The quantitative estimate of drug-likeness (QED) is 0.524. The zero-order valence-electron chi connectivity index (χ0n) is 7.81. The van der Waals surface area contributed by atoms with Gasteiger partial charge in [0.25, 0.3) is 0 Å². The van der Waals surface area contributed by atoms with Crippen molar-refractivity contribution in [2.24, 2.45) is 4.99 Å². The lowest BCUT2D eigenvalue weighted by Crippen LogP contribution is -1.74. The molecule has 0 aliphatic rings. The van der Waals surface area contributed by atoms with Gasteiger partial charge in [0.05, 0.1) is 0 Å². The predicted molar refractivity (Wildman–Crippen MR) is 49.8 cm³/mol. The summed E-state index contributed by atoms with van der Waals surface area (Å²) in [6.07, 6.45) is 5.11. The maximum absolute atomic E-state index is 3.86. The summed E-state index contributed by atoms with van der Waals surface area (Å²) in [6, 6.07) is 0. The molecule has 0 unspecified atom stereocenters. The first-order valence-electron chi connectivity index (χ1n) is 3.90. The molecule has 0 spiro atoms. The molecule has 0 aromatic carbocycles. The summed E-state index contributed by atoms with van der Waals surface area (Å²) in [6.45, 7) is 8.17. The predicted octanol–water partition coefficient (Wildman–Crippen LogP) is 3.07. The minimum Gasteiger partial charge on any atom is -0.296 e. The Labute approximate surface area is 64.9 Å². The average Bonchev–Trinajstić information content (AvgIpc) is 1.93. The van der Waals surface area contributed by atoms with E-state index in [1.54, 1.807) is 7.05 Å². The second-order valence-electron chi connectivity index (χ2n) is 1.74. The first-order chi connectivity index (χ1) is 4.81. The van der Waals surface area contributed by atoms with Crippen molar-refractivity contribution in [1.29, 1.82) is 0 Å². The van der Waals surface area contributed by atoms with Crippen LogP contribution in [0.5, 0.6) is 0 Å². The van der Waals surface area contributed by atoms with Gasteiger partial charge in [0.15, 0.2) is 0 Å². The number of allylic oxidation sites excluding steroid dienone is 2. The highest BCUT2D eigenvalue weighted by atomic mass is 14.6. The zero-order valence-corrected chi connectivity index (χ0v) is 7.81. The molecule has 0 aliphatic heterocycles. The number of nitrogens with zero attached hydrogens (tertiary/aromatic N) is 1. The molecule has 0 fully saturated rings. The minimum atomic E-state index is 1.10. The van der Waals surface area contributed by atoms with E-state index in [1.165, 1.54) is 5.57 Å². The number of rotatable bonds is 2.